The van der Waals surface area contributed by atoms with Crippen molar-refractivity contribution in [2.24, 2.45) is 5.16 Å². The highest BCUT2D eigenvalue weighted by molar-refractivity contribution is 7.92. The summed E-state index contributed by atoms with van der Waals surface area (Å²) in [6, 6.07) is 3.81. The maximum atomic E-state index is 12.3. The third kappa shape index (κ3) is 4.16. The van der Waals surface area contributed by atoms with Gasteiger partial charge in [0.15, 0.2) is 0 Å². The van der Waals surface area contributed by atoms with Crippen LogP contribution in [0.5, 0.6) is 0 Å². The van der Waals surface area contributed by atoms with Crippen molar-refractivity contribution in [3.05, 3.63) is 36.4 Å². The fraction of sp³-hybridized carbons (Fsp3) is 0.333. The van der Waals surface area contributed by atoms with Gasteiger partial charge in [-0.05, 0) is 18.6 Å². The number of anilines is 1. The zero-order chi connectivity index (χ0) is 20.4. The van der Waals surface area contributed by atoms with Crippen molar-refractivity contribution in [1.29, 1.82) is 0 Å². The molecule has 0 aromatic carbocycles. The van der Waals surface area contributed by atoms with Crippen molar-refractivity contribution in [3.8, 4) is 20.5 Å². The van der Waals surface area contributed by atoms with Crippen LogP contribution in [-0.4, -0.2) is 48.5 Å². The van der Waals surface area contributed by atoms with Crippen molar-refractivity contribution < 1.29 is 13.3 Å². The zero-order valence-corrected chi connectivity index (χ0v) is 18.4. The number of nitrogens with zero attached hydrogens (tertiary/aromatic N) is 5. The summed E-state index contributed by atoms with van der Waals surface area (Å²) in [5, 5.41) is 6.33. The lowest BCUT2D eigenvalue weighted by Gasteiger charge is -2.25. The monoisotopic (exact) mass is 449 g/mol. The second-order valence-corrected chi connectivity index (χ2v) is 10.3. The van der Waals surface area contributed by atoms with Gasteiger partial charge in [-0.3, -0.25) is 9.29 Å². The topological polar surface area (TPSA) is 97.6 Å². The first-order valence-corrected chi connectivity index (χ1v) is 12.5. The summed E-state index contributed by atoms with van der Waals surface area (Å²) in [6.45, 7) is 2.84. The van der Waals surface area contributed by atoms with Gasteiger partial charge < -0.3 is 4.84 Å². The Kier molecular flexibility index (Phi) is 5.61. The summed E-state index contributed by atoms with van der Waals surface area (Å²) >= 11 is 2.82. The van der Waals surface area contributed by atoms with Crippen LogP contribution in [0.3, 0.4) is 0 Å². The standard InChI is InChI=1S/C18H19N5O3S3/c1-3-9-26-22-13-6-8-23(29(2,24)25)18-15(13)21-17(28-18)14-11-20-16(27-14)12-5-4-7-19-10-12/h4-5,7,10-11H,3,6,8-9H2,1-2H3. The first-order valence-electron chi connectivity index (χ1n) is 9.01. The highest BCUT2D eigenvalue weighted by atomic mass is 32.2. The number of aromatic nitrogens is 3. The Balaban J connectivity index is 1.74. The smallest absolute Gasteiger partial charge is 0.232 e. The van der Waals surface area contributed by atoms with Gasteiger partial charge in [-0.15, -0.1) is 11.3 Å². The van der Waals surface area contributed by atoms with E-state index in [0.717, 1.165) is 21.9 Å². The third-order valence-corrected chi connectivity index (χ3v) is 7.73. The normalized spacial score (nSPS) is 15.5. The molecule has 8 nitrogen and oxygen atoms in total. The van der Waals surface area contributed by atoms with E-state index in [4.69, 9.17) is 9.82 Å². The lowest BCUT2D eigenvalue weighted by Crippen LogP contribution is -2.36. The second-order valence-electron chi connectivity index (χ2n) is 6.40. The van der Waals surface area contributed by atoms with Gasteiger partial charge >= 0.3 is 0 Å². The zero-order valence-electron chi connectivity index (χ0n) is 15.9. The van der Waals surface area contributed by atoms with E-state index in [1.165, 1.54) is 33.2 Å². The van der Waals surface area contributed by atoms with Crippen LogP contribution in [0, 0.1) is 0 Å². The lowest BCUT2D eigenvalue weighted by atomic mass is 10.1. The quantitative estimate of drug-likeness (QED) is 0.421. The number of sulfonamides is 1. The number of hydrogen-bond acceptors (Lipinski definition) is 9. The summed E-state index contributed by atoms with van der Waals surface area (Å²) in [5.74, 6) is 0. The molecule has 0 saturated carbocycles. The number of pyridine rings is 1. The van der Waals surface area contributed by atoms with Crippen LogP contribution >= 0.6 is 22.7 Å². The van der Waals surface area contributed by atoms with E-state index < -0.39 is 10.0 Å². The van der Waals surface area contributed by atoms with Crippen LogP contribution in [0.15, 0.2) is 35.9 Å². The van der Waals surface area contributed by atoms with Gasteiger partial charge in [-0.2, -0.15) is 0 Å². The van der Waals surface area contributed by atoms with Crippen molar-refractivity contribution in [1.82, 2.24) is 15.0 Å². The van der Waals surface area contributed by atoms with Gasteiger partial charge in [-0.25, -0.2) is 18.4 Å². The SMILES string of the molecule is CCCON=C1CCN(S(C)(=O)=O)c2sc(-c3cnc(-c4cccnc4)s3)nc21. The number of fused-ring (bicyclic) bond motifs is 1. The molecule has 3 aromatic rings. The minimum absolute atomic E-state index is 0.325. The first kappa shape index (κ1) is 19.9. The Morgan fingerprint density at radius 3 is 2.86 bits per heavy atom. The maximum Gasteiger partial charge on any atom is 0.232 e. The molecule has 0 N–H and O–H groups in total. The van der Waals surface area contributed by atoms with Crippen LogP contribution in [0.25, 0.3) is 20.5 Å². The highest BCUT2D eigenvalue weighted by Crippen LogP contribution is 2.41. The second kappa shape index (κ2) is 8.17. The molecule has 4 rings (SSSR count). The molecule has 11 heteroatoms. The van der Waals surface area contributed by atoms with Gasteiger partial charge in [0.25, 0.3) is 0 Å². The van der Waals surface area contributed by atoms with E-state index in [-0.39, 0.29) is 0 Å². The van der Waals surface area contributed by atoms with Crippen LogP contribution in [0.1, 0.15) is 25.5 Å². The van der Waals surface area contributed by atoms with Crippen molar-refractivity contribution in [3.63, 3.8) is 0 Å². The molecule has 0 radical (unpaired) electrons. The molecule has 1 aliphatic heterocycles. The van der Waals surface area contributed by atoms with Gasteiger partial charge in [0.1, 0.15) is 33.0 Å². The van der Waals surface area contributed by atoms with E-state index in [2.05, 4.69) is 15.1 Å². The fourth-order valence-corrected chi connectivity index (χ4v) is 6.11. The molecule has 29 heavy (non-hydrogen) atoms. The van der Waals surface area contributed by atoms with Crippen LogP contribution in [0.2, 0.25) is 0 Å². The molecule has 0 saturated heterocycles. The molecule has 0 unspecified atom stereocenters. The molecule has 3 aromatic heterocycles. The van der Waals surface area contributed by atoms with Gasteiger partial charge in [0.05, 0.1) is 11.1 Å². The van der Waals surface area contributed by atoms with Gasteiger partial charge in [0, 0.05) is 37.1 Å². The number of thiazole rings is 2. The number of rotatable bonds is 6. The Morgan fingerprint density at radius 2 is 2.14 bits per heavy atom. The fourth-order valence-electron chi connectivity index (χ4n) is 2.82. The van der Waals surface area contributed by atoms with Crippen molar-refractivity contribution in [2.75, 3.05) is 23.7 Å². The average molecular weight is 450 g/mol. The molecular formula is C18H19N5O3S3. The molecule has 4 heterocycles. The summed E-state index contributed by atoms with van der Waals surface area (Å²) in [5.41, 5.74) is 2.17. The predicted octanol–water partition coefficient (Wildman–Crippen LogP) is 3.63. The molecule has 152 valence electrons. The minimum Gasteiger partial charge on any atom is -0.396 e. The van der Waals surface area contributed by atoms with Gasteiger partial charge in [-0.1, -0.05) is 23.4 Å². The summed E-state index contributed by atoms with van der Waals surface area (Å²) in [7, 11) is -3.41. The van der Waals surface area contributed by atoms with E-state index in [0.29, 0.717) is 41.0 Å². The Bertz CT molecular complexity index is 1140. The lowest BCUT2D eigenvalue weighted by molar-refractivity contribution is 0.144. The average Bonchev–Trinajstić information content (AvgIpc) is 3.35. The Labute approximate surface area is 177 Å². The van der Waals surface area contributed by atoms with Crippen molar-refractivity contribution >= 4 is 43.4 Å². The summed E-state index contributed by atoms with van der Waals surface area (Å²) in [6.07, 6.45) is 7.74. The molecule has 0 bridgehead atoms. The number of hydrogen-bond donors (Lipinski definition) is 0. The first-order chi connectivity index (χ1) is 14.0. The highest BCUT2D eigenvalue weighted by Gasteiger charge is 2.32. The summed E-state index contributed by atoms with van der Waals surface area (Å²) in [4.78, 5) is 19.5. The molecule has 0 spiro atoms. The predicted molar refractivity (Wildman–Crippen MR) is 116 cm³/mol. The molecule has 0 aliphatic carbocycles. The molecule has 1 aliphatic rings. The molecule has 0 atom stereocenters. The van der Waals surface area contributed by atoms with E-state index in [1.54, 1.807) is 18.6 Å². The van der Waals surface area contributed by atoms with Crippen molar-refractivity contribution in [2.45, 2.75) is 19.8 Å². The molecule has 0 amide bonds. The maximum absolute atomic E-state index is 12.3. The Hall–Kier alpha value is -2.37. The minimum atomic E-state index is -3.41. The van der Waals surface area contributed by atoms with E-state index >= 15 is 0 Å². The van der Waals surface area contributed by atoms with Crippen LogP contribution < -0.4 is 4.31 Å². The summed E-state index contributed by atoms with van der Waals surface area (Å²) < 4.78 is 25.9. The largest absolute Gasteiger partial charge is 0.396 e. The van der Waals surface area contributed by atoms with Crippen LogP contribution in [-0.2, 0) is 14.9 Å². The van der Waals surface area contributed by atoms with E-state index in [1.807, 2.05) is 19.1 Å². The molecule has 0 fully saturated rings. The van der Waals surface area contributed by atoms with Gasteiger partial charge in [0.2, 0.25) is 10.0 Å². The third-order valence-electron chi connectivity index (χ3n) is 4.16. The number of oxime groups is 1. The Morgan fingerprint density at radius 1 is 1.28 bits per heavy atom. The molecular weight excluding hydrogens is 430 g/mol. The van der Waals surface area contributed by atoms with Crippen LogP contribution in [0.4, 0.5) is 5.00 Å². The van der Waals surface area contributed by atoms with E-state index in [9.17, 15) is 8.42 Å².